The van der Waals surface area contributed by atoms with Gasteiger partial charge >= 0.3 is 12.1 Å². The van der Waals surface area contributed by atoms with Crippen LogP contribution < -0.4 is 10.6 Å². The van der Waals surface area contributed by atoms with E-state index in [0.717, 1.165) is 6.42 Å². The van der Waals surface area contributed by atoms with Crippen molar-refractivity contribution in [1.82, 2.24) is 10.6 Å². The van der Waals surface area contributed by atoms with Gasteiger partial charge in [0.15, 0.2) is 0 Å². The Morgan fingerprint density at radius 2 is 1.78 bits per heavy atom. The second kappa shape index (κ2) is 12.1. The minimum absolute atomic E-state index is 0.0354. The molecule has 0 bridgehead atoms. The van der Waals surface area contributed by atoms with Crippen LogP contribution >= 0.6 is 0 Å². The zero-order valence-corrected chi connectivity index (χ0v) is 22.2. The number of hydrogen-bond acceptors (Lipinski definition) is 7. The first-order valence-electron chi connectivity index (χ1n) is 12.0. The number of carbonyl (C=O) groups is 3. The summed E-state index contributed by atoms with van der Waals surface area (Å²) in [5, 5.41) is 24.9. The number of aliphatic hydroxyl groups excluding tert-OH is 1. The Balaban J connectivity index is 2.08. The topological polar surface area (TPSA) is 134 Å². The molecule has 0 spiro atoms. The first-order chi connectivity index (χ1) is 17.2. The standard InChI is InChI=1S/C28H36N2O7/c1-26(2,3)37-25(34)30-27(4,5)22(24(33)36-6)29-23(32)21-12-10-19(11-13-21)9-7-8-15-28(35)16-14-20(17-28)18-31/h10-13,20,22,31,35H,14,16-18H2,1-6H3,(H,29,32)(H,30,34). The minimum atomic E-state index is -1.23. The molecule has 2 amide bonds. The largest absolute Gasteiger partial charge is 0.467 e. The van der Waals surface area contributed by atoms with Crippen molar-refractivity contribution in [3.8, 4) is 23.7 Å². The minimum Gasteiger partial charge on any atom is -0.467 e. The van der Waals surface area contributed by atoms with Crippen LogP contribution in [0.5, 0.6) is 0 Å². The lowest BCUT2D eigenvalue weighted by Gasteiger charge is -2.34. The molecule has 1 aromatic carbocycles. The van der Waals surface area contributed by atoms with Crippen LogP contribution in [0.2, 0.25) is 0 Å². The molecule has 2 rings (SSSR count). The second-order valence-electron chi connectivity index (χ2n) is 10.7. The average Bonchev–Trinajstić information content (AvgIpc) is 3.19. The first-order valence-corrected chi connectivity index (χ1v) is 12.0. The average molecular weight is 513 g/mol. The van der Waals surface area contributed by atoms with Gasteiger partial charge in [0.25, 0.3) is 5.91 Å². The smallest absolute Gasteiger partial charge is 0.408 e. The maximum absolute atomic E-state index is 12.9. The van der Waals surface area contributed by atoms with Crippen molar-refractivity contribution in [2.45, 2.75) is 76.7 Å². The molecule has 1 aliphatic rings. The number of aliphatic hydroxyl groups is 2. The molecule has 0 saturated heterocycles. The quantitative estimate of drug-likeness (QED) is 0.339. The molecule has 37 heavy (non-hydrogen) atoms. The predicted molar refractivity (Wildman–Crippen MR) is 137 cm³/mol. The molecule has 4 N–H and O–H groups in total. The van der Waals surface area contributed by atoms with Crippen LogP contribution in [0.1, 0.15) is 69.8 Å². The van der Waals surface area contributed by atoms with Gasteiger partial charge in [0.05, 0.1) is 12.6 Å². The Labute approximate surface area is 218 Å². The fraction of sp³-hybridized carbons (Fsp3) is 0.536. The van der Waals surface area contributed by atoms with Gasteiger partial charge in [0.1, 0.15) is 17.2 Å². The van der Waals surface area contributed by atoms with Crippen molar-refractivity contribution < 1.29 is 34.1 Å². The number of alkyl carbamates (subject to hydrolysis) is 1. The molecule has 9 heteroatoms. The maximum Gasteiger partial charge on any atom is 0.408 e. The molecule has 1 aliphatic carbocycles. The third-order valence-corrected chi connectivity index (χ3v) is 5.82. The van der Waals surface area contributed by atoms with Crippen molar-refractivity contribution >= 4 is 18.0 Å². The Morgan fingerprint density at radius 3 is 2.32 bits per heavy atom. The van der Waals surface area contributed by atoms with Gasteiger partial charge < -0.3 is 30.3 Å². The molecular formula is C28H36N2O7. The predicted octanol–water partition coefficient (Wildman–Crippen LogP) is 2.14. The molecule has 3 unspecified atom stereocenters. The zero-order valence-electron chi connectivity index (χ0n) is 22.2. The molecule has 3 atom stereocenters. The van der Waals surface area contributed by atoms with E-state index in [4.69, 9.17) is 9.47 Å². The van der Waals surface area contributed by atoms with Gasteiger partial charge in [0, 0.05) is 17.7 Å². The van der Waals surface area contributed by atoms with Crippen LogP contribution in [0.25, 0.3) is 0 Å². The first kappa shape index (κ1) is 29.7. The molecule has 9 nitrogen and oxygen atoms in total. The second-order valence-corrected chi connectivity index (χ2v) is 10.7. The van der Waals surface area contributed by atoms with E-state index in [1.807, 2.05) is 0 Å². The van der Waals surface area contributed by atoms with Gasteiger partial charge in [-0.3, -0.25) is 4.79 Å². The van der Waals surface area contributed by atoms with E-state index < -0.39 is 40.8 Å². The molecule has 200 valence electrons. The van der Waals surface area contributed by atoms with Crippen LogP contribution in [-0.2, 0) is 14.3 Å². The summed E-state index contributed by atoms with van der Waals surface area (Å²) in [5.74, 6) is 9.78. The highest BCUT2D eigenvalue weighted by atomic mass is 16.6. The fourth-order valence-electron chi connectivity index (χ4n) is 3.85. The number of methoxy groups -OCH3 is 1. The van der Waals surface area contributed by atoms with E-state index in [2.05, 4.69) is 34.3 Å². The molecule has 0 heterocycles. The van der Waals surface area contributed by atoms with Gasteiger partial charge in [-0.1, -0.05) is 11.8 Å². The van der Waals surface area contributed by atoms with Gasteiger partial charge in [-0.05, 0) is 95.9 Å². The summed E-state index contributed by atoms with van der Waals surface area (Å²) < 4.78 is 10.1. The third-order valence-electron chi connectivity index (χ3n) is 5.82. The molecule has 0 aromatic heterocycles. The highest BCUT2D eigenvalue weighted by Crippen LogP contribution is 2.33. The Kier molecular flexibility index (Phi) is 9.74. The zero-order chi connectivity index (χ0) is 27.9. The molecule has 0 aliphatic heterocycles. The molecule has 0 radical (unpaired) electrons. The van der Waals surface area contributed by atoms with E-state index in [-0.39, 0.29) is 18.1 Å². The number of nitrogens with one attached hydrogen (secondary N) is 2. The third kappa shape index (κ3) is 9.13. The fourth-order valence-corrected chi connectivity index (χ4v) is 3.85. The number of amides is 2. The van der Waals surface area contributed by atoms with Crippen LogP contribution in [0.15, 0.2) is 24.3 Å². The van der Waals surface area contributed by atoms with E-state index in [0.29, 0.717) is 18.4 Å². The van der Waals surface area contributed by atoms with Crippen molar-refractivity contribution in [3.05, 3.63) is 35.4 Å². The van der Waals surface area contributed by atoms with Crippen molar-refractivity contribution in [2.75, 3.05) is 13.7 Å². The van der Waals surface area contributed by atoms with Crippen molar-refractivity contribution in [1.29, 1.82) is 0 Å². The monoisotopic (exact) mass is 512 g/mol. The van der Waals surface area contributed by atoms with Crippen LogP contribution in [-0.4, -0.2) is 64.7 Å². The number of rotatable bonds is 6. The van der Waals surface area contributed by atoms with E-state index in [1.54, 1.807) is 58.9 Å². The number of ether oxygens (including phenoxy) is 2. The van der Waals surface area contributed by atoms with Gasteiger partial charge in [-0.25, -0.2) is 9.59 Å². The van der Waals surface area contributed by atoms with E-state index in [9.17, 15) is 24.6 Å². The number of carbonyl (C=O) groups excluding carboxylic acids is 3. The van der Waals surface area contributed by atoms with Crippen LogP contribution in [0, 0.1) is 29.6 Å². The summed E-state index contributed by atoms with van der Waals surface area (Å²) in [7, 11) is 1.19. The lowest BCUT2D eigenvalue weighted by Crippen LogP contribution is -2.62. The summed E-state index contributed by atoms with van der Waals surface area (Å²) in [4.78, 5) is 37.6. The van der Waals surface area contributed by atoms with E-state index in [1.165, 1.54) is 7.11 Å². The highest BCUT2D eigenvalue weighted by molar-refractivity contribution is 5.97. The molecule has 1 fully saturated rings. The van der Waals surface area contributed by atoms with Crippen molar-refractivity contribution in [2.24, 2.45) is 5.92 Å². The lowest BCUT2D eigenvalue weighted by atomic mass is 9.94. The number of esters is 1. The Bertz CT molecular complexity index is 1110. The molecule has 1 saturated carbocycles. The summed E-state index contributed by atoms with van der Waals surface area (Å²) in [6, 6.07) is 5.16. The van der Waals surface area contributed by atoms with Crippen LogP contribution in [0.4, 0.5) is 4.79 Å². The molecular weight excluding hydrogens is 476 g/mol. The van der Waals surface area contributed by atoms with E-state index >= 15 is 0 Å². The SMILES string of the molecule is COC(=O)C(NC(=O)c1ccc(C#CC#CC2(O)CCC(CO)C2)cc1)C(C)(C)NC(=O)OC(C)(C)C. The van der Waals surface area contributed by atoms with Gasteiger partial charge in [-0.2, -0.15) is 0 Å². The summed E-state index contributed by atoms with van der Waals surface area (Å²) in [6.45, 7) is 8.33. The Hall–Kier alpha value is -3.53. The summed E-state index contributed by atoms with van der Waals surface area (Å²) in [6.07, 6.45) is 0.926. The normalized spacial score (nSPS) is 19.8. The van der Waals surface area contributed by atoms with Crippen molar-refractivity contribution in [3.63, 3.8) is 0 Å². The van der Waals surface area contributed by atoms with Gasteiger partial charge in [-0.15, -0.1) is 0 Å². The Morgan fingerprint density at radius 1 is 1.14 bits per heavy atom. The molecule has 1 aromatic rings. The van der Waals surface area contributed by atoms with Gasteiger partial charge in [0.2, 0.25) is 0 Å². The lowest BCUT2D eigenvalue weighted by molar-refractivity contribution is -0.144. The van der Waals surface area contributed by atoms with Crippen LogP contribution in [0.3, 0.4) is 0 Å². The maximum atomic E-state index is 12.9. The summed E-state index contributed by atoms with van der Waals surface area (Å²) in [5.41, 5.74) is -2.20. The highest BCUT2D eigenvalue weighted by Gasteiger charge is 2.40. The number of benzene rings is 1. The number of hydrogen-bond donors (Lipinski definition) is 4. The summed E-state index contributed by atoms with van der Waals surface area (Å²) >= 11 is 0.